The van der Waals surface area contributed by atoms with Crippen LogP contribution in [0, 0.1) is 5.82 Å². The second kappa shape index (κ2) is 6.53. The van der Waals surface area contributed by atoms with Crippen LogP contribution in [-0.4, -0.2) is 50.0 Å². The average molecular weight is 295 g/mol. The van der Waals surface area contributed by atoms with E-state index in [9.17, 15) is 14.0 Å². The molecule has 1 aliphatic rings. The zero-order chi connectivity index (χ0) is 15.4. The van der Waals surface area contributed by atoms with Crippen molar-refractivity contribution in [1.29, 1.82) is 0 Å². The minimum atomic E-state index is -0.459. The number of hydrogen-bond acceptors (Lipinski definition) is 4. The van der Waals surface area contributed by atoms with Gasteiger partial charge in [-0.1, -0.05) is 6.07 Å². The van der Waals surface area contributed by atoms with E-state index in [0.29, 0.717) is 5.56 Å². The largest absolute Gasteiger partial charge is 0.494 e. The summed E-state index contributed by atoms with van der Waals surface area (Å²) in [6, 6.07) is 4.14. The van der Waals surface area contributed by atoms with Crippen molar-refractivity contribution in [3.63, 3.8) is 0 Å². The van der Waals surface area contributed by atoms with Crippen molar-refractivity contribution >= 4 is 11.8 Å². The maximum absolute atomic E-state index is 13.6. The molecule has 0 spiro atoms. The van der Waals surface area contributed by atoms with Gasteiger partial charge in [-0.2, -0.15) is 0 Å². The molecule has 1 aromatic rings. The molecule has 0 saturated carbocycles. The zero-order valence-electron chi connectivity index (χ0n) is 12.0. The summed E-state index contributed by atoms with van der Waals surface area (Å²) < 4.78 is 18.5. The Morgan fingerprint density at radius 3 is 2.86 bits per heavy atom. The average Bonchev–Trinajstić information content (AvgIpc) is 2.47. The highest BCUT2D eigenvalue weighted by Crippen LogP contribution is 2.18. The summed E-state index contributed by atoms with van der Waals surface area (Å²) in [4.78, 5) is 24.7. The van der Waals surface area contributed by atoms with Crippen molar-refractivity contribution in [2.24, 2.45) is 0 Å². The lowest BCUT2D eigenvalue weighted by Gasteiger charge is -2.27. The Hall–Kier alpha value is -2.15. The van der Waals surface area contributed by atoms with E-state index in [0.717, 1.165) is 0 Å². The lowest BCUT2D eigenvalue weighted by molar-refractivity contribution is -0.134. The van der Waals surface area contributed by atoms with Gasteiger partial charge in [0.05, 0.1) is 13.7 Å². The van der Waals surface area contributed by atoms with Gasteiger partial charge in [0.1, 0.15) is 6.04 Å². The third kappa shape index (κ3) is 3.69. The van der Waals surface area contributed by atoms with E-state index in [1.165, 1.54) is 24.1 Å². The number of piperazine rings is 1. The zero-order valence-corrected chi connectivity index (χ0v) is 12.0. The fourth-order valence-electron chi connectivity index (χ4n) is 2.17. The number of likely N-dealkylation sites (N-methyl/N-ethyl adjacent to an activating group) is 1. The van der Waals surface area contributed by atoms with Gasteiger partial charge in [-0.05, 0) is 17.7 Å². The van der Waals surface area contributed by atoms with Crippen LogP contribution in [0.15, 0.2) is 18.2 Å². The molecule has 0 radical (unpaired) electrons. The van der Waals surface area contributed by atoms with E-state index < -0.39 is 11.9 Å². The number of amides is 2. The van der Waals surface area contributed by atoms with E-state index >= 15 is 0 Å². The summed E-state index contributed by atoms with van der Waals surface area (Å²) in [6.45, 7) is 0.673. The Kier molecular flexibility index (Phi) is 4.74. The van der Waals surface area contributed by atoms with Gasteiger partial charge in [0.2, 0.25) is 11.8 Å². The smallest absolute Gasteiger partial charge is 0.241 e. The number of rotatable bonds is 4. The molecule has 0 aromatic heterocycles. The standard InChI is InChI=1S/C14H18FN3O3/c1-18(14(20)11-6-17-13(19)7-16-11)8-9-3-4-12(21-2)10(15)5-9/h3-5,11,16H,6-8H2,1-2H3,(H,17,19). The minimum absolute atomic E-state index is 0.126. The fourth-order valence-corrected chi connectivity index (χ4v) is 2.17. The van der Waals surface area contributed by atoms with Gasteiger partial charge in [-0.3, -0.25) is 14.9 Å². The van der Waals surface area contributed by atoms with Crippen molar-refractivity contribution in [3.05, 3.63) is 29.6 Å². The fraction of sp³-hybridized carbons (Fsp3) is 0.429. The molecule has 1 heterocycles. The number of halogens is 1. The van der Waals surface area contributed by atoms with Crippen molar-refractivity contribution < 1.29 is 18.7 Å². The van der Waals surface area contributed by atoms with E-state index in [1.54, 1.807) is 13.1 Å². The molecule has 1 aromatic carbocycles. The van der Waals surface area contributed by atoms with Crippen LogP contribution in [0.4, 0.5) is 4.39 Å². The normalized spacial score (nSPS) is 18.0. The third-order valence-electron chi connectivity index (χ3n) is 3.32. The van der Waals surface area contributed by atoms with Crippen LogP contribution < -0.4 is 15.4 Å². The van der Waals surface area contributed by atoms with Gasteiger partial charge < -0.3 is 15.0 Å². The summed E-state index contributed by atoms with van der Waals surface area (Å²) in [5.74, 6) is -0.562. The molecule has 1 unspecified atom stereocenters. The number of nitrogens with zero attached hydrogens (tertiary/aromatic N) is 1. The van der Waals surface area contributed by atoms with Crippen molar-refractivity contribution in [3.8, 4) is 5.75 Å². The highest BCUT2D eigenvalue weighted by molar-refractivity contribution is 5.86. The summed E-state index contributed by atoms with van der Waals surface area (Å²) in [5.41, 5.74) is 0.670. The molecule has 1 fully saturated rings. The SMILES string of the molecule is COc1ccc(CN(C)C(=O)C2CNC(=O)CN2)cc1F. The molecular weight excluding hydrogens is 277 g/mol. The van der Waals surface area contributed by atoms with Crippen molar-refractivity contribution in [2.45, 2.75) is 12.6 Å². The second-order valence-corrected chi connectivity index (χ2v) is 4.90. The Bertz CT molecular complexity index is 540. The Morgan fingerprint density at radius 1 is 1.52 bits per heavy atom. The highest BCUT2D eigenvalue weighted by Gasteiger charge is 2.26. The monoisotopic (exact) mass is 295 g/mol. The molecule has 2 rings (SSSR count). The topological polar surface area (TPSA) is 70.7 Å². The number of carbonyl (C=O) groups is 2. The number of hydrogen-bond donors (Lipinski definition) is 2. The Morgan fingerprint density at radius 2 is 2.29 bits per heavy atom. The van der Waals surface area contributed by atoms with E-state index in [2.05, 4.69) is 10.6 Å². The first-order valence-corrected chi connectivity index (χ1v) is 6.58. The first kappa shape index (κ1) is 15.2. The van der Waals surface area contributed by atoms with Gasteiger partial charge >= 0.3 is 0 Å². The molecule has 114 valence electrons. The molecule has 2 N–H and O–H groups in total. The predicted octanol–water partition coefficient (Wildman–Crippen LogP) is -0.119. The van der Waals surface area contributed by atoms with Crippen LogP contribution in [0.1, 0.15) is 5.56 Å². The van der Waals surface area contributed by atoms with E-state index in [4.69, 9.17) is 4.74 Å². The molecule has 21 heavy (non-hydrogen) atoms. The first-order chi connectivity index (χ1) is 10.0. The molecule has 0 bridgehead atoms. The highest BCUT2D eigenvalue weighted by atomic mass is 19.1. The second-order valence-electron chi connectivity index (χ2n) is 4.90. The van der Waals surface area contributed by atoms with Crippen LogP contribution in [-0.2, 0) is 16.1 Å². The number of ether oxygens (including phenoxy) is 1. The van der Waals surface area contributed by atoms with Gasteiger partial charge in [0.15, 0.2) is 11.6 Å². The molecule has 0 aliphatic carbocycles. The summed E-state index contributed by atoms with van der Waals surface area (Å²) in [5, 5.41) is 5.50. The number of benzene rings is 1. The quantitative estimate of drug-likeness (QED) is 0.812. The molecule has 2 amide bonds. The van der Waals surface area contributed by atoms with Crippen LogP contribution in [0.5, 0.6) is 5.75 Å². The Labute approximate surface area is 122 Å². The van der Waals surface area contributed by atoms with Crippen LogP contribution >= 0.6 is 0 Å². The maximum atomic E-state index is 13.6. The maximum Gasteiger partial charge on any atom is 0.241 e. The summed E-state index contributed by atoms with van der Waals surface area (Å²) >= 11 is 0. The molecule has 7 heteroatoms. The van der Waals surface area contributed by atoms with Gasteiger partial charge in [0, 0.05) is 20.1 Å². The predicted molar refractivity (Wildman–Crippen MR) is 74.2 cm³/mol. The molecule has 1 aliphatic heterocycles. The first-order valence-electron chi connectivity index (χ1n) is 6.58. The van der Waals surface area contributed by atoms with Gasteiger partial charge in [0.25, 0.3) is 0 Å². The number of methoxy groups -OCH3 is 1. The van der Waals surface area contributed by atoms with Gasteiger partial charge in [-0.25, -0.2) is 4.39 Å². The summed E-state index contributed by atoms with van der Waals surface area (Å²) in [6.07, 6.45) is 0. The van der Waals surface area contributed by atoms with Crippen molar-refractivity contribution in [1.82, 2.24) is 15.5 Å². The molecule has 1 saturated heterocycles. The Balaban J connectivity index is 1.97. The third-order valence-corrected chi connectivity index (χ3v) is 3.32. The molecular formula is C14H18FN3O3. The van der Waals surface area contributed by atoms with Gasteiger partial charge in [-0.15, -0.1) is 0 Å². The molecule has 1 atom stereocenters. The summed E-state index contributed by atoms with van der Waals surface area (Å²) in [7, 11) is 3.04. The minimum Gasteiger partial charge on any atom is -0.494 e. The van der Waals surface area contributed by atoms with Crippen LogP contribution in [0.2, 0.25) is 0 Å². The van der Waals surface area contributed by atoms with E-state index in [1.807, 2.05) is 0 Å². The van der Waals surface area contributed by atoms with Crippen LogP contribution in [0.25, 0.3) is 0 Å². The lowest BCUT2D eigenvalue weighted by Crippen LogP contribution is -2.58. The number of nitrogens with one attached hydrogen (secondary N) is 2. The molecule has 6 nitrogen and oxygen atoms in total. The van der Waals surface area contributed by atoms with Crippen molar-refractivity contribution in [2.75, 3.05) is 27.2 Å². The van der Waals surface area contributed by atoms with E-state index in [-0.39, 0.29) is 37.2 Å². The lowest BCUT2D eigenvalue weighted by atomic mass is 10.1. The van der Waals surface area contributed by atoms with Crippen LogP contribution in [0.3, 0.4) is 0 Å². The number of carbonyl (C=O) groups excluding carboxylic acids is 2.